The van der Waals surface area contributed by atoms with Crippen molar-refractivity contribution in [2.75, 3.05) is 13.7 Å². The molecule has 0 radical (unpaired) electrons. The number of phenols is 1. The first-order chi connectivity index (χ1) is 14.5. The molecule has 2 aromatic carbocycles. The maximum atomic E-state index is 13.2. The average molecular weight is 410 g/mol. The van der Waals surface area contributed by atoms with E-state index < -0.39 is 0 Å². The summed E-state index contributed by atoms with van der Waals surface area (Å²) in [6, 6.07) is 10.8. The normalized spacial score (nSPS) is 19.0. The summed E-state index contributed by atoms with van der Waals surface area (Å²) >= 11 is 0. The van der Waals surface area contributed by atoms with Crippen molar-refractivity contribution >= 4 is 11.0 Å². The summed E-state index contributed by atoms with van der Waals surface area (Å²) in [7, 11) is 1.58. The molecular weight excluding hydrogens is 382 g/mol. The Morgan fingerprint density at radius 3 is 2.77 bits per heavy atom. The molecule has 1 fully saturated rings. The maximum absolute atomic E-state index is 13.2. The van der Waals surface area contributed by atoms with Crippen molar-refractivity contribution in [3.8, 4) is 23.0 Å². The van der Waals surface area contributed by atoms with Crippen LogP contribution in [0.15, 0.2) is 45.6 Å². The van der Waals surface area contributed by atoms with E-state index in [2.05, 4.69) is 6.92 Å². The Labute approximate surface area is 175 Å². The zero-order chi connectivity index (χ0) is 21.3. The number of likely N-dealkylation sites (tertiary alicyclic amines) is 1. The van der Waals surface area contributed by atoms with Crippen LogP contribution in [0.2, 0.25) is 0 Å². The third kappa shape index (κ3) is 3.87. The van der Waals surface area contributed by atoms with Crippen LogP contribution in [-0.2, 0) is 6.54 Å². The molecule has 1 unspecified atom stereocenters. The highest BCUT2D eigenvalue weighted by Crippen LogP contribution is 2.31. The smallest absolute Gasteiger partial charge is 0.235 e. The number of benzene rings is 2. The molecule has 1 saturated heterocycles. The van der Waals surface area contributed by atoms with E-state index in [1.54, 1.807) is 44.4 Å². The van der Waals surface area contributed by atoms with E-state index in [0.29, 0.717) is 46.4 Å². The lowest BCUT2D eigenvalue weighted by atomic mass is 10.0. The van der Waals surface area contributed by atoms with Gasteiger partial charge >= 0.3 is 0 Å². The maximum Gasteiger partial charge on any atom is 0.235 e. The van der Waals surface area contributed by atoms with Crippen LogP contribution in [-0.4, -0.2) is 24.8 Å². The van der Waals surface area contributed by atoms with Crippen LogP contribution in [0, 0.1) is 6.92 Å². The zero-order valence-electron chi connectivity index (χ0n) is 17.7. The molecule has 0 spiro atoms. The van der Waals surface area contributed by atoms with Crippen molar-refractivity contribution in [1.82, 2.24) is 0 Å². The van der Waals surface area contributed by atoms with E-state index in [-0.39, 0.29) is 16.9 Å². The van der Waals surface area contributed by atoms with Crippen LogP contribution >= 0.6 is 0 Å². The highest BCUT2D eigenvalue weighted by atomic mass is 16.5. The lowest BCUT2D eigenvalue weighted by molar-refractivity contribution is -0.941. The SMILES string of the molecule is COc1cccc(Oc2c(C)oc3c(C[NH+]4CCCC[C@@H]4C)c(O)ccc3c2=O)c1. The summed E-state index contributed by atoms with van der Waals surface area (Å²) in [5.74, 6) is 1.82. The molecule has 1 aromatic heterocycles. The van der Waals surface area contributed by atoms with Crippen LogP contribution in [0.1, 0.15) is 37.5 Å². The Balaban J connectivity index is 1.75. The van der Waals surface area contributed by atoms with Gasteiger partial charge in [0.15, 0.2) is 5.58 Å². The fourth-order valence-corrected chi connectivity index (χ4v) is 4.21. The van der Waals surface area contributed by atoms with Crippen LogP contribution in [0.4, 0.5) is 0 Å². The molecule has 0 amide bonds. The number of nitrogens with one attached hydrogen (secondary N) is 1. The summed E-state index contributed by atoms with van der Waals surface area (Å²) < 4.78 is 17.2. The first-order valence-electron chi connectivity index (χ1n) is 10.4. The Hall–Kier alpha value is -2.99. The van der Waals surface area contributed by atoms with Crippen LogP contribution in [0.3, 0.4) is 0 Å². The second kappa shape index (κ2) is 8.40. The van der Waals surface area contributed by atoms with Gasteiger partial charge < -0.3 is 23.9 Å². The van der Waals surface area contributed by atoms with Crippen molar-refractivity contribution in [2.24, 2.45) is 0 Å². The Morgan fingerprint density at radius 2 is 2.00 bits per heavy atom. The zero-order valence-corrected chi connectivity index (χ0v) is 17.7. The number of quaternary nitrogens is 1. The Kier molecular flexibility index (Phi) is 5.68. The Morgan fingerprint density at radius 1 is 1.20 bits per heavy atom. The second-order valence-electron chi connectivity index (χ2n) is 8.02. The van der Waals surface area contributed by atoms with Gasteiger partial charge in [0.2, 0.25) is 11.2 Å². The standard InChI is InChI=1S/C24H27NO5/c1-15-7-4-5-12-25(15)14-20-21(26)11-10-19-22(27)23(16(2)29-24(19)20)30-18-9-6-8-17(13-18)28-3/h6,8-11,13,15,26H,4-5,7,12,14H2,1-3H3/p+1/t15-/m0/s1. The second-order valence-corrected chi connectivity index (χ2v) is 8.02. The summed E-state index contributed by atoms with van der Waals surface area (Å²) in [6.07, 6.45) is 3.58. The molecule has 4 rings (SSSR count). The van der Waals surface area contributed by atoms with Gasteiger partial charge in [0.25, 0.3) is 0 Å². The molecule has 158 valence electrons. The monoisotopic (exact) mass is 410 g/mol. The number of hydrogen-bond donors (Lipinski definition) is 2. The van der Waals surface area contributed by atoms with Gasteiger partial charge in [-0.15, -0.1) is 0 Å². The minimum atomic E-state index is -0.250. The van der Waals surface area contributed by atoms with E-state index in [1.165, 1.54) is 24.2 Å². The molecule has 0 bridgehead atoms. The fraction of sp³-hybridized carbons (Fsp3) is 0.375. The lowest BCUT2D eigenvalue weighted by Crippen LogP contribution is -3.14. The molecule has 30 heavy (non-hydrogen) atoms. The van der Waals surface area contributed by atoms with Crippen LogP contribution in [0.5, 0.6) is 23.0 Å². The molecular formula is C24H28NO5+. The minimum absolute atomic E-state index is 0.145. The molecule has 6 nitrogen and oxygen atoms in total. The highest BCUT2D eigenvalue weighted by molar-refractivity contribution is 5.83. The molecule has 2 atom stereocenters. The fourth-order valence-electron chi connectivity index (χ4n) is 4.21. The number of aryl methyl sites for hydroxylation is 1. The van der Waals surface area contributed by atoms with E-state index in [4.69, 9.17) is 13.9 Å². The number of aromatic hydroxyl groups is 1. The number of methoxy groups -OCH3 is 1. The van der Waals surface area contributed by atoms with Crippen molar-refractivity contribution in [1.29, 1.82) is 0 Å². The quantitative estimate of drug-likeness (QED) is 0.673. The molecule has 2 heterocycles. The minimum Gasteiger partial charge on any atom is -0.507 e. The molecule has 3 aromatic rings. The lowest BCUT2D eigenvalue weighted by Gasteiger charge is -2.30. The number of ether oxygens (including phenoxy) is 2. The number of phenolic OH excluding ortho intramolecular Hbond substituents is 1. The van der Waals surface area contributed by atoms with Crippen LogP contribution in [0.25, 0.3) is 11.0 Å². The van der Waals surface area contributed by atoms with Crippen molar-refractivity contribution in [3.63, 3.8) is 0 Å². The first kappa shape index (κ1) is 20.3. The van der Waals surface area contributed by atoms with E-state index >= 15 is 0 Å². The van der Waals surface area contributed by atoms with Gasteiger partial charge in [-0.1, -0.05) is 6.07 Å². The van der Waals surface area contributed by atoms with E-state index in [1.807, 2.05) is 6.07 Å². The first-order valence-corrected chi connectivity index (χ1v) is 10.4. The highest BCUT2D eigenvalue weighted by Gasteiger charge is 2.26. The van der Waals surface area contributed by atoms with Crippen molar-refractivity contribution in [2.45, 2.75) is 45.7 Å². The predicted molar refractivity (Wildman–Crippen MR) is 115 cm³/mol. The average Bonchev–Trinajstić information content (AvgIpc) is 2.74. The van der Waals surface area contributed by atoms with Crippen molar-refractivity contribution in [3.05, 3.63) is 57.9 Å². The number of fused-ring (bicyclic) bond motifs is 1. The number of hydrogen-bond acceptors (Lipinski definition) is 5. The van der Waals surface area contributed by atoms with E-state index in [0.717, 1.165) is 6.54 Å². The summed E-state index contributed by atoms with van der Waals surface area (Å²) in [4.78, 5) is 14.6. The van der Waals surface area contributed by atoms with Gasteiger partial charge in [-0.05, 0) is 57.4 Å². The topological polar surface area (TPSA) is 73.3 Å². The number of piperidine rings is 1. The molecule has 0 aliphatic carbocycles. The molecule has 1 aliphatic heterocycles. The van der Waals surface area contributed by atoms with Gasteiger partial charge in [-0.25, -0.2) is 0 Å². The van der Waals surface area contributed by atoms with Crippen molar-refractivity contribution < 1.29 is 23.9 Å². The Bertz CT molecular complexity index is 1120. The van der Waals surface area contributed by atoms with Gasteiger partial charge in [0.1, 0.15) is 29.6 Å². The summed E-state index contributed by atoms with van der Waals surface area (Å²) in [6.45, 7) is 5.62. The summed E-state index contributed by atoms with van der Waals surface area (Å²) in [5, 5.41) is 11.0. The van der Waals surface area contributed by atoms with Gasteiger partial charge in [-0.3, -0.25) is 4.79 Å². The summed E-state index contributed by atoms with van der Waals surface area (Å²) in [5.41, 5.74) is 0.879. The largest absolute Gasteiger partial charge is 0.507 e. The molecule has 2 N–H and O–H groups in total. The third-order valence-corrected chi connectivity index (χ3v) is 6.01. The number of rotatable bonds is 5. The van der Waals surface area contributed by atoms with Gasteiger partial charge in [0.05, 0.1) is 30.6 Å². The van der Waals surface area contributed by atoms with Gasteiger partial charge in [0, 0.05) is 6.07 Å². The van der Waals surface area contributed by atoms with Gasteiger partial charge in [-0.2, -0.15) is 0 Å². The molecule has 1 aliphatic rings. The van der Waals surface area contributed by atoms with E-state index in [9.17, 15) is 9.90 Å². The molecule has 6 heteroatoms. The molecule has 0 saturated carbocycles. The predicted octanol–water partition coefficient (Wildman–Crippen LogP) is 3.57. The van der Waals surface area contributed by atoms with Crippen LogP contribution < -0.4 is 19.8 Å². The third-order valence-electron chi connectivity index (χ3n) is 6.01.